The van der Waals surface area contributed by atoms with Gasteiger partial charge in [-0.15, -0.1) is 0 Å². The van der Waals surface area contributed by atoms with Gasteiger partial charge < -0.3 is 10.2 Å². The van der Waals surface area contributed by atoms with Crippen molar-refractivity contribution in [2.24, 2.45) is 0 Å². The fraction of sp³-hybridized carbons (Fsp3) is 0.571. The maximum absolute atomic E-state index is 13.5. The molecule has 1 saturated heterocycles. The van der Waals surface area contributed by atoms with Crippen LogP contribution < -0.4 is 10.2 Å². The number of halogens is 1. The van der Waals surface area contributed by atoms with E-state index in [9.17, 15) is 8.60 Å². The molecule has 1 aliphatic rings. The zero-order valence-corrected chi connectivity index (χ0v) is 12.3. The van der Waals surface area contributed by atoms with Crippen LogP contribution in [0.5, 0.6) is 0 Å². The van der Waals surface area contributed by atoms with Crippen LogP contribution in [0.15, 0.2) is 18.2 Å². The summed E-state index contributed by atoms with van der Waals surface area (Å²) in [6, 6.07) is 5.06. The second kappa shape index (κ2) is 6.48. The molecule has 0 radical (unpaired) electrons. The minimum Gasteiger partial charge on any atom is -0.369 e. The van der Waals surface area contributed by atoms with Crippen LogP contribution in [0.3, 0.4) is 0 Å². The van der Waals surface area contributed by atoms with Crippen molar-refractivity contribution in [1.82, 2.24) is 5.32 Å². The second-order valence-corrected chi connectivity index (χ2v) is 6.51. The number of rotatable bonds is 4. The zero-order chi connectivity index (χ0) is 13.8. The van der Waals surface area contributed by atoms with Crippen molar-refractivity contribution in [3.8, 4) is 0 Å². The predicted molar refractivity (Wildman–Crippen MR) is 78.6 cm³/mol. The van der Waals surface area contributed by atoms with Crippen molar-refractivity contribution in [3.05, 3.63) is 29.6 Å². The molecule has 0 spiro atoms. The van der Waals surface area contributed by atoms with Gasteiger partial charge in [0, 0.05) is 47.1 Å². The highest BCUT2D eigenvalue weighted by Crippen LogP contribution is 2.28. The fourth-order valence-corrected chi connectivity index (χ4v) is 3.51. The van der Waals surface area contributed by atoms with Crippen LogP contribution in [0, 0.1) is 5.82 Å². The van der Waals surface area contributed by atoms with Crippen molar-refractivity contribution < 1.29 is 8.60 Å². The molecule has 0 aromatic heterocycles. The predicted octanol–water partition coefficient (Wildman–Crippen LogP) is 2.06. The lowest BCUT2D eigenvalue weighted by molar-refractivity contribution is 0.580. The minimum absolute atomic E-state index is 0.114. The van der Waals surface area contributed by atoms with Crippen LogP contribution in [-0.4, -0.2) is 35.3 Å². The highest BCUT2D eigenvalue weighted by atomic mass is 32.2. The molecule has 0 bridgehead atoms. The summed E-state index contributed by atoms with van der Waals surface area (Å²) in [7, 11) is -0.691. The Morgan fingerprint density at radius 1 is 1.42 bits per heavy atom. The van der Waals surface area contributed by atoms with Gasteiger partial charge in [0.2, 0.25) is 0 Å². The average Bonchev–Trinajstić information content (AvgIpc) is 2.40. The van der Waals surface area contributed by atoms with Gasteiger partial charge in [0.25, 0.3) is 0 Å². The number of anilines is 1. The maximum atomic E-state index is 13.5. The highest BCUT2D eigenvalue weighted by Gasteiger charge is 2.20. The summed E-state index contributed by atoms with van der Waals surface area (Å²) in [6.45, 7) is 6.50. The molecule has 1 atom stereocenters. The lowest BCUT2D eigenvalue weighted by Gasteiger charge is -2.31. The SMILES string of the molecule is CCNC(C)c1cc(F)ccc1N1CCS(=O)CC1. The maximum Gasteiger partial charge on any atom is 0.123 e. The first-order valence-corrected chi connectivity index (χ1v) is 8.23. The van der Waals surface area contributed by atoms with Crippen molar-refractivity contribution >= 4 is 16.5 Å². The number of nitrogens with zero attached hydrogens (tertiary/aromatic N) is 1. The third-order valence-electron chi connectivity index (χ3n) is 3.48. The number of benzene rings is 1. The van der Waals surface area contributed by atoms with Gasteiger partial charge in [-0.05, 0) is 37.2 Å². The minimum atomic E-state index is -0.691. The summed E-state index contributed by atoms with van der Waals surface area (Å²) < 4.78 is 24.9. The fourth-order valence-electron chi connectivity index (χ4n) is 2.46. The van der Waals surface area contributed by atoms with Gasteiger partial charge in [0.15, 0.2) is 0 Å². The van der Waals surface area contributed by atoms with E-state index in [-0.39, 0.29) is 11.9 Å². The Morgan fingerprint density at radius 3 is 2.74 bits per heavy atom. The second-order valence-electron chi connectivity index (χ2n) is 4.82. The molecule has 1 heterocycles. The smallest absolute Gasteiger partial charge is 0.123 e. The van der Waals surface area contributed by atoms with Gasteiger partial charge in [-0.3, -0.25) is 4.21 Å². The summed E-state index contributed by atoms with van der Waals surface area (Å²) in [6.07, 6.45) is 0. The topological polar surface area (TPSA) is 32.3 Å². The number of hydrogen-bond donors (Lipinski definition) is 1. The van der Waals surface area contributed by atoms with Crippen LogP contribution in [0.2, 0.25) is 0 Å². The molecule has 5 heteroatoms. The summed E-state index contributed by atoms with van der Waals surface area (Å²) in [5.41, 5.74) is 2.04. The Bertz CT molecular complexity index is 457. The molecule has 3 nitrogen and oxygen atoms in total. The summed E-state index contributed by atoms with van der Waals surface area (Å²) in [4.78, 5) is 2.21. The van der Waals surface area contributed by atoms with E-state index in [4.69, 9.17) is 0 Å². The zero-order valence-electron chi connectivity index (χ0n) is 11.5. The Morgan fingerprint density at radius 2 is 2.11 bits per heavy atom. The van der Waals surface area contributed by atoms with E-state index in [0.717, 1.165) is 30.9 Å². The third-order valence-corrected chi connectivity index (χ3v) is 4.76. The van der Waals surface area contributed by atoms with E-state index in [1.165, 1.54) is 6.07 Å². The normalized spacial score (nSPS) is 18.6. The quantitative estimate of drug-likeness (QED) is 0.918. The van der Waals surface area contributed by atoms with Crippen LogP contribution in [0.4, 0.5) is 10.1 Å². The van der Waals surface area contributed by atoms with E-state index in [1.54, 1.807) is 6.07 Å². The molecule has 0 amide bonds. The molecule has 2 rings (SSSR count). The molecule has 19 heavy (non-hydrogen) atoms. The first-order valence-electron chi connectivity index (χ1n) is 6.74. The van der Waals surface area contributed by atoms with Crippen LogP contribution in [-0.2, 0) is 10.8 Å². The van der Waals surface area contributed by atoms with E-state index in [2.05, 4.69) is 10.2 Å². The van der Waals surface area contributed by atoms with Crippen molar-refractivity contribution in [2.45, 2.75) is 19.9 Å². The molecular weight excluding hydrogens is 263 g/mol. The van der Waals surface area contributed by atoms with E-state index in [0.29, 0.717) is 11.5 Å². The monoisotopic (exact) mass is 284 g/mol. The molecule has 1 N–H and O–H groups in total. The molecule has 1 aromatic rings. The van der Waals surface area contributed by atoms with Crippen molar-refractivity contribution in [1.29, 1.82) is 0 Å². The molecule has 1 unspecified atom stereocenters. The first-order chi connectivity index (χ1) is 9.11. The van der Waals surface area contributed by atoms with Gasteiger partial charge in [-0.2, -0.15) is 0 Å². The van der Waals surface area contributed by atoms with Gasteiger partial charge in [0.1, 0.15) is 5.82 Å². The Kier molecular flexibility index (Phi) is 4.93. The van der Waals surface area contributed by atoms with E-state index in [1.807, 2.05) is 19.9 Å². The average molecular weight is 284 g/mol. The summed E-state index contributed by atoms with van der Waals surface area (Å²) in [5.74, 6) is 1.20. The lowest BCUT2D eigenvalue weighted by atomic mass is 10.0. The van der Waals surface area contributed by atoms with Gasteiger partial charge >= 0.3 is 0 Å². The third kappa shape index (κ3) is 3.54. The molecule has 0 saturated carbocycles. The molecular formula is C14H21FN2OS. The molecule has 1 aromatic carbocycles. The van der Waals surface area contributed by atoms with Gasteiger partial charge in [-0.1, -0.05) is 6.92 Å². The number of nitrogens with one attached hydrogen (secondary N) is 1. The molecule has 106 valence electrons. The summed E-state index contributed by atoms with van der Waals surface area (Å²) >= 11 is 0. The standard InChI is InChI=1S/C14H21FN2OS/c1-3-16-11(2)13-10-12(15)4-5-14(13)17-6-8-19(18)9-7-17/h4-5,10-11,16H,3,6-9H2,1-2H3. The number of hydrogen-bond acceptors (Lipinski definition) is 3. The van der Waals surface area contributed by atoms with E-state index < -0.39 is 10.8 Å². The van der Waals surface area contributed by atoms with Crippen LogP contribution >= 0.6 is 0 Å². The van der Waals surface area contributed by atoms with E-state index >= 15 is 0 Å². The van der Waals surface area contributed by atoms with Crippen LogP contribution in [0.1, 0.15) is 25.5 Å². The Balaban J connectivity index is 2.26. The lowest BCUT2D eigenvalue weighted by Crippen LogP contribution is -2.38. The molecule has 0 aliphatic carbocycles. The first kappa shape index (κ1) is 14.5. The summed E-state index contributed by atoms with van der Waals surface area (Å²) in [5, 5.41) is 3.32. The van der Waals surface area contributed by atoms with Crippen molar-refractivity contribution in [3.63, 3.8) is 0 Å². The molecule has 1 aliphatic heterocycles. The van der Waals surface area contributed by atoms with Crippen LogP contribution in [0.25, 0.3) is 0 Å². The van der Waals surface area contributed by atoms with Gasteiger partial charge in [0.05, 0.1) is 0 Å². The van der Waals surface area contributed by atoms with Gasteiger partial charge in [-0.25, -0.2) is 4.39 Å². The largest absolute Gasteiger partial charge is 0.369 e. The van der Waals surface area contributed by atoms with Crippen molar-refractivity contribution in [2.75, 3.05) is 36.0 Å². The Hall–Kier alpha value is -0.940. The Labute approximate surface area is 116 Å². The molecule has 1 fully saturated rings. The highest BCUT2D eigenvalue weighted by molar-refractivity contribution is 7.85.